The smallest absolute Gasteiger partial charge is 0.0234 e. The van der Waals surface area contributed by atoms with Gasteiger partial charge in [-0.1, -0.05) is 37.3 Å². The lowest BCUT2D eigenvalue weighted by Gasteiger charge is -2.23. The van der Waals surface area contributed by atoms with Crippen LogP contribution >= 0.6 is 0 Å². The van der Waals surface area contributed by atoms with Gasteiger partial charge in [-0.15, -0.1) is 0 Å². The summed E-state index contributed by atoms with van der Waals surface area (Å²) in [7, 11) is 0. The molecule has 0 radical (unpaired) electrons. The van der Waals surface area contributed by atoms with Gasteiger partial charge in [0.1, 0.15) is 0 Å². The topological polar surface area (TPSA) is 15.3 Å². The molecule has 88 valence electrons. The van der Waals surface area contributed by atoms with Crippen LogP contribution in [0, 0.1) is 5.92 Å². The van der Waals surface area contributed by atoms with Crippen LogP contribution in [-0.4, -0.2) is 30.6 Å². The van der Waals surface area contributed by atoms with E-state index in [1.807, 2.05) is 0 Å². The lowest BCUT2D eigenvalue weighted by atomic mass is 10.1. The van der Waals surface area contributed by atoms with Crippen molar-refractivity contribution >= 4 is 0 Å². The molecule has 1 N–H and O–H groups in total. The highest BCUT2D eigenvalue weighted by molar-refractivity contribution is 5.14. The molecule has 0 aliphatic carbocycles. The molecule has 0 amide bonds. The van der Waals surface area contributed by atoms with Crippen molar-refractivity contribution in [3.8, 4) is 0 Å². The summed E-state index contributed by atoms with van der Waals surface area (Å²) >= 11 is 0. The molecule has 0 saturated carbocycles. The summed E-state index contributed by atoms with van der Waals surface area (Å²) in [6.45, 7) is 9.17. The molecule has 0 bridgehead atoms. The third-order valence-corrected chi connectivity index (χ3v) is 3.17. The molecular formula is C14H22N2. The van der Waals surface area contributed by atoms with Crippen LogP contribution < -0.4 is 5.32 Å². The maximum Gasteiger partial charge on any atom is 0.0234 e. The van der Waals surface area contributed by atoms with E-state index in [-0.39, 0.29) is 0 Å². The summed E-state index contributed by atoms with van der Waals surface area (Å²) in [5.41, 5.74) is 1.42. The Balaban J connectivity index is 1.97. The summed E-state index contributed by atoms with van der Waals surface area (Å²) < 4.78 is 0. The van der Waals surface area contributed by atoms with Crippen molar-refractivity contribution in [1.82, 2.24) is 10.2 Å². The number of hydrogen-bond donors (Lipinski definition) is 1. The predicted molar refractivity (Wildman–Crippen MR) is 68.3 cm³/mol. The molecular weight excluding hydrogens is 196 g/mol. The van der Waals surface area contributed by atoms with Crippen LogP contribution in [0.5, 0.6) is 0 Å². The second-order valence-electron chi connectivity index (χ2n) is 5.09. The molecule has 0 spiro atoms. The number of rotatable bonds is 2. The number of benzene rings is 1. The van der Waals surface area contributed by atoms with E-state index in [1.165, 1.54) is 12.1 Å². The van der Waals surface area contributed by atoms with Crippen LogP contribution in [0.2, 0.25) is 0 Å². The summed E-state index contributed by atoms with van der Waals surface area (Å²) in [4.78, 5) is 2.56. The monoisotopic (exact) mass is 218 g/mol. The van der Waals surface area contributed by atoms with Gasteiger partial charge >= 0.3 is 0 Å². The first kappa shape index (κ1) is 11.6. The molecule has 2 unspecified atom stereocenters. The van der Waals surface area contributed by atoms with Gasteiger partial charge in [0.05, 0.1) is 0 Å². The number of hydrogen-bond acceptors (Lipinski definition) is 2. The number of nitrogens with zero attached hydrogens (tertiary/aromatic N) is 1. The lowest BCUT2D eigenvalue weighted by Crippen LogP contribution is -2.34. The third-order valence-electron chi connectivity index (χ3n) is 3.17. The summed E-state index contributed by atoms with van der Waals surface area (Å²) in [6, 6.07) is 11.4. The predicted octanol–water partition coefficient (Wildman–Crippen LogP) is 2.12. The van der Waals surface area contributed by atoms with Crippen molar-refractivity contribution in [3.05, 3.63) is 35.9 Å². The van der Waals surface area contributed by atoms with Crippen LogP contribution in [-0.2, 0) is 6.54 Å². The van der Waals surface area contributed by atoms with Gasteiger partial charge in [-0.2, -0.15) is 0 Å². The Hall–Kier alpha value is -0.860. The van der Waals surface area contributed by atoms with E-state index in [0.717, 1.165) is 25.6 Å². The highest BCUT2D eigenvalue weighted by Crippen LogP contribution is 2.10. The van der Waals surface area contributed by atoms with E-state index in [4.69, 9.17) is 0 Å². The molecule has 2 rings (SSSR count). The van der Waals surface area contributed by atoms with Crippen molar-refractivity contribution < 1.29 is 0 Å². The normalized spacial score (nSPS) is 27.6. The largest absolute Gasteiger partial charge is 0.313 e. The van der Waals surface area contributed by atoms with Crippen LogP contribution in [0.3, 0.4) is 0 Å². The van der Waals surface area contributed by atoms with Gasteiger partial charge in [0.15, 0.2) is 0 Å². The fourth-order valence-corrected chi connectivity index (χ4v) is 2.40. The molecule has 2 atom stereocenters. The van der Waals surface area contributed by atoms with E-state index in [2.05, 4.69) is 54.4 Å². The van der Waals surface area contributed by atoms with Crippen LogP contribution in [0.1, 0.15) is 19.4 Å². The fourth-order valence-electron chi connectivity index (χ4n) is 2.40. The Morgan fingerprint density at radius 2 is 1.94 bits per heavy atom. The van der Waals surface area contributed by atoms with Crippen molar-refractivity contribution in [3.63, 3.8) is 0 Å². The molecule has 1 aliphatic heterocycles. The first-order chi connectivity index (χ1) is 7.74. The Morgan fingerprint density at radius 1 is 1.19 bits per heavy atom. The van der Waals surface area contributed by atoms with Crippen LogP contribution in [0.25, 0.3) is 0 Å². The maximum absolute atomic E-state index is 3.57. The van der Waals surface area contributed by atoms with E-state index in [1.54, 1.807) is 0 Å². The molecule has 0 aromatic heterocycles. The van der Waals surface area contributed by atoms with Crippen LogP contribution in [0.4, 0.5) is 0 Å². The van der Waals surface area contributed by atoms with Gasteiger partial charge in [-0.25, -0.2) is 0 Å². The zero-order chi connectivity index (χ0) is 11.4. The minimum absolute atomic E-state index is 0.605. The quantitative estimate of drug-likeness (QED) is 0.818. The molecule has 1 heterocycles. The summed E-state index contributed by atoms with van der Waals surface area (Å²) in [5, 5.41) is 3.57. The molecule has 2 nitrogen and oxygen atoms in total. The zero-order valence-corrected chi connectivity index (χ0v) is 10.3. The van der Waals surface area contributed by atoms with Gasteiger partial charge in [0, 0.05) is 25.7 Å². The highest BCUT2D eigenvalue weighted by atomic mass is 15.2. The van der Waals surface area contributed by atoms with Gasteiger partial charge in [-0.3, -0.25) is 4.90 Å². The molecule has 16 heavy (non-hydrogen) atoms. The third kappa shape index (κ3) is 3.32. The van der Waals surface area contributed by atoms with Gasteiger partial charge in [0.2, 0.25) is 0 Å². The second-order valence-corrected chi connectivity index (χ2v) is 5.09. The van der Waals surface area contributed by atoms with Crippen molar-refractivity contribution in [2.24, 2.45) is 5.92 Å². The molecule has 2 heteroatoms. The van der Waals surface area contributed by atoms with E-state index < -0.39 is 0 Å². The van der Waals surface area contributed by atoms with Gasteiger partial charge in [0.25, 0.3) is 0 Å². The Kier molecular flexibility index (Phi) is 3.97. The molecule has 1 fully saturated rings. The SMILES string of the molecule is CC1CNC(C)CN(Cc2ccccc2)C1. The number of nitrogens with one attached hydrogen (secondary N) is 1. The standard InChI is InChI=1S/C14H22N2/c1-12-8-15-13(2)10-16(9-12)11-14-6-4-3-5-7-14/h3-7,12-13,15H,8-11H2,1-2H3. The Bertz CT molecular complexity index is 298. The minimum Gasteiger partial charge on any atom is -0.313 e. The van der Waals surface area contributed by atoms with Crippen LogP contribution in [0.15, 0.2) is 30.3 Å². The van der Waals surface area contributed by atoms with E-state index >= 15 is 0 Å². The van der Waals surface area contributed by atoms with Crippen molar-refractivity contribution in [2.45, 2.75) is 26.4 Å². The summed E-state index contributed by atoms with van der Waals surface area (Å²) in [5.74, 6) is 0.744. The first-order valence-electron chi connectivity index (χ1n) is 6.23. The fraction of sp³-hybridized carbons (Fsp3) is 0.571. The zero-order valence-electron chi connectivity index (χ0n) is 10.3. The van der Waals surface area contributed by atoms with Gasteiger partial charge in [-0.05, 0) is 24.9 Å². The maximum atomic E-state index is 3.57. The average Bonchev–Trinajstić information content (AvgIpc) is 2.42. The minimum atomic E-state index is 0.605. The molecule has 1 saturated heterocycles. The van der Waals surface area contributed by atoms with E-state index in [0.29, 0.717) is 6.04 Å². The first-order valence-corrected chi connectivity index (χ1v) is 6.23. The second kappa shape index (κ2) is 5.46. The average molecular weight is 218 g/mol. The summed E-state index contributed by atoms with van der Waals surface area (Å²) in [6.07, 6.45) is 0. The molecule has 1 aliphatic rings. The van der Waals surface area contributed by atoms with Gasteiger partial charge < -0.3 is 5.32 Å². The Labute approximate surface area is 98.7 Å². The lowest BCUT2D eigenvalue weighted by molar-refractivity contribution is 0.244. The van der Waals surface area contributed by atoms with Crippen molar-refractivity contribution in [1.29, 1.82) is 0 Å². The Morgan fingerprint density at radius 3 is 2.69 bits per heavy atom. The highest BCUT2D eigenvalue weighted by Gasteiger charge is 2.18. The molecule has 1 aromatic rings. The molecule has 1 aromatic carbocycles. The van der Waals surface area contributed by atoms with E-state index in [9.17, 15) is 0 Å². The van der Waals surface area contributed by atoms with Crippen molar-refractivity contribution in [2.75, 3.05) is 19.6 Å².